The van der Waals surface area contributed by atoms with E-state index >= 15 is 0 Å². The zero-order valence-electron chi connectivity index (χ0n) is 7.68. The average molecular weight is 220 g/mol. The van der Waals surface area contributed by atoms with Crippen LogP contribution in [0.25, 0.3) is 16.3 Å². The summed E-state index contributed by atoms with van der Waals surface area (Å²) in [5.41, 5.74) is 7.22. The number of fused-ring (bicyclic) bond motifs is 1. The lowest BCUT2D eigenvalue weighted by Gasteiger charge is -1.91. The van der Waals surface area contributed by atoms with Gasteiger partial charge < -0.3 is 10.8 Å². The quantitative estimate of drug-likeness (QED) is 0.759. The summed E-state index contributed by atoms with van der Waals surface area (Å²) in [6.07, 6.45) is 2.64. The molecule has 2 rings (SSSR count). The van der Waals surface area contributed by atoms with Crippen LogP contribution in [0, 0.1) is 0 Å². The molecule has 0 radical (unpaired) electrons. The molecule has 0 fully saturated rings. The van der Waals surface area contributed by atoms with Crippen LogP contribution in [0.3, 0.4) is 0 Å². The number of carboxylic acid groups (broad SMARTS) is 1. The first-order valence-corrected chi connectivity index (χ1v) is 5.04. The summed E-state index contributed by atoms with van der Waals surface area (Å²) >= 11 is 1.39. The number of rotatable bonds is 2. The maximum absolute atomic E-state index is 10.3. The van der Waals surface area contributed by atoms with E-state index in [1.807, 2.05) is 12.1 Å². The van der Waals surface area contributed by atoms with E-state index in [1.54, 1.807) is 6.07 Å². The Labute approximate surface area is 89.7 Å². The smallest absolute Gasteiger partial charge is 0.328 e. The predicted molar refractivity (Wildman–Crippen MR) is 60.7 cm³/mol. The molecule has 5 heteroatoms. The van der Waals surface area contributed by atoms with Gasteiger partial charge in [-0.25, -0.2) is 9.78 Å². The minimum Gasteiger partial charge on any atom is -0.478 e. The number of benzene rings is 1. The summed E-state index contributed by atoms with van der Waals surface area (Å²) in [4.78, 5) is 14.4. The molecular formula is C10H8N2O2S. The molecule has 0 saturated carbocycles. The van der Waals surface area contributed by atoms with Crippen molar-refractivity contribution in [1.82, 2.24) is 4.98 Å². The van der Waals surface area contributed by atoms with Crippen LogP contribution in [0.2, 0.25) is 0 Å². The molecule has 1 heterocycles. The lowest BCUT2D eigenvalue weighted by Crippen LogP contribution is -1.85. The van der Waals surface area contributed by atoms with Crippen LogP contribution < -0.4 is 5.73 Å². The van der Waals surface area contributed by atoms with Crippen molar-refractivity contribution >= 4 is 38.7 Å². The van der Waals surface area contributed by atoms with E-state index in [0.717, 1.165) is 21.9 Å². The van der Waals surface area contributed by atoms with E-state index < -0.39 is 5.97 Å². The molecule has 1 aromatic heterocycles. The van der Waals surface area contributed by atoms with Gasteiger partial charge in [-0.15, -0.1) is 0 Å². The zero-order chi connectivity index (χ0) is 10.8. The molecule has 76 valence electrons. The summed E-state index contributed by atoms with van der Waals surface area (Å²) in [5, 5.41) is 8.99. The highest BCUT2D eigenvalue weighted by molar-refractivity contribution is 7.22. The number of carboxylic acids is 1. The van der Waals surface area contributed by atoms with Gasteiger partial charge in [0.2, 0.25) is 0 Å². The molecule has 0 amide bonds. The highest BCUT2D eigenvalue weighted by atomic mass is 32.1. The Morgan fingerprint density at radius 3 is 3.07 bits per heavy atom. The molecule has 2 aromatic rings. The van der Waals surface area contributed by atoms with Crippen LogP contribution in [-0.2, 0) is 4.79 Å². The minimum absolute atomic E-state index is 0.518. The third-order valence-corrected chi connectivity index (χ3v) is 2.69. The van der Waals surface area contributed by atoms with Crippen molar-refractivity contribution in [3.8, 4) is 0 Å². The molecule has 0 unspecified atom stereocenters. The number of anilines is 1. The van der Waals surface area contributed by atoms with Crippen LogP contribution in [0.4, 0.5) is 5.13 Å². The van der Waals surface area contributed by atoms with Crippen molar-refractivity contribution in [3.05, 3.63) is 29.8 Å². The highest BCUT2D eigenvalue weighted by Gasteiger charge is 2.00. The second kappa shape index (κ2) is 3.70. The first-order chi connectivity index (χ1) is 7.15. The number of carbonyl (C=O) groups is 1. The normalized spacial score (nSPS) is 11.2. The Kier molecular flexibility index (Phi) is 2.39. The Morgan fingerprint density at radius 2 is 2.33 bits per heavy atom. The second-order valence-corrected chi connectivity index (χ2v) is 4.01. The van der Waals surface area contributed by atoms with E-state index in [4.69, 9.17) is 10.8 Å². The summed E-state index contributed by atoms with van der Waals surface area (Å²) in [7, 11) is 0. The summed E-state index contributed by atoms with van der Waals surface area (Å²) in [6, 6.07) is 5.49. The Balaban J connectivity index is 2.42. The number of aromatic nitrogens is 1. The van der Waals surface area contributed by atoms with E-state index in [2.05, 4.69) is 4.98 Å². The van der Waals surface area contributed by atoms with Gasteiger partial charge in [0.15, 0.2) is 5.13 Å². The SMILES string of the molecule is Nc1nc2ccc(/C=C/C(=O)O)cc2s1. The molecular weight excluding hydrogens is 212 g/mol. The van der Waals surface area contributed by atoms with Crippen molar-refractivity contribution in [2.75, 3.05) is 5.73 Å². The van der Waals surface area contributed by atoms with Crippen LogP contribution in [0.1, 0.15) is 5.56 Å². The molecule has 0 atom stereocenters. The minimum atomic E-state index is -0.959. The number of nitrogen functional groups attached to an aromatic ring is 1. The fraction of sp³-hybridized carbons (Fsp3) is 0. The van der Waals surface area contributed by atoms with Gasteiger partial charge in [0.1, 0.15) is 0 Å². The fourth-order valence-corrected chi connectivity index (χ4v) is 2.01. The Hall–Kier alpha value is -1.88. The van der Waals surface area contributed by atoms with Crippen molar-refractivity contribution in [1.29, 1.82) is 0 Å². The number of nitrogens with zero attached hydrogens (tertiary/aromatic N) is 1. The molecule has 0 spiro atoms. The average Bonchev–Trinajstić information content (AvgIpc) is 2.53. The Morgan fingerprint density at radius 1 is 1.53 bits per heavy atom. The van der Waals surface area contributed by atoms with Crippen LogP contribution in [0.15, 0.2) is 24.3 Å². The van der Waals surface area contributed by atoms with Gasteiger partial charge in [0.05, 0.1) is 10.2 Å². The molecule has 0 bridgehead atoms. The van der Waals surface area contributed by atoms with Gasteiger partial charge in [-0.05, 0) is 23.8 Å². The van der Waals surface area contributed by atoms with Crippen molar-refractivity contribution in [2.45, 2.75) is 0 Å². The topological polar surface area (TPSA) is 76.2 Å². The van der Waals surface area contributed by atoms with Gasteiger partial charge >= 0.3 is 5.97 Å². The van der Waals surface area contributed by atoms with Crippen LogP contribution >= 0.6 is 11.3 Å². The van der Waals surface area contributed by atoms with Crippen molar-refractivity contribution in [2.24, 2.45) is 0 Å². The number of nitrogens with two attached hydrogens (primary N) is 1. The maximum Gasteiger partial charge on any atom is 0.328 e. The van der Waals surface area contributed by atoms with Crippen molar-refractivity contribution in [3.63, 3.8) is 0 Å². The largest absolute Gasteiger partial charge is 0.478 e. The van der Waals surface area contributed by atoms with Crippen LogP contribution in [-0.4, -0.2) is 16.1 Å². The van der Waals surface area contributed by atoms with Crippen molar-refractivity contribution < 1.29 is 9.90 Å². The number of thiazole rings is 1. The third kappa shape index (κ3) is 2.13. The van der Waals surface area contributed by atoms with Crippen LogP contribution in [0.5, 0.6) is 0 Å². The fourth-order valence-electron chi connectivity index (χ4n) is 1.23. The zero-order valence-corrected chi connectivity index (χ0v) is 8.49. The van der Waals surface area contributed by atoms with E-state index in [1.165, 1.54) is 17.4 Å². The lowest BCUT2D eigenvalue weighted by molar-refractivity contribution is -0.131. The first-order valence-electron chi connectivity index (χ1n) is 4.22. The predicted octanol–water partition coefficient (Wildman–Crippen LogP) is 1.98. The third-order valence-electron chi connectivity index (χ3n) is 1.85. The van der Waals surface area contributed by atoms with Gasteiger partial charge in [0, 0.05) is 6.08 Å². The second-order valence-electron chi connectivity index (χ2n) is 2.95. The van der Waals surface area contributed by atoms with Gasteiger partial charge in [-0.2, -0.15) is 0 Å². The summed E-state index contributed by atoms with van der Waals surface area (Å²) in [5.74, 6) is -0.959. The van der Waals surface area contributed by atoms with E-state index in [9.17, 15) is 4.79 Å². The summed E-state index contributed by atoms with van der Waals surface area (Å²) in [6.45, 7) is 0. The molecule has 3 N–H and O–H groups in total. The van der Waals surface area contributed by atoms with Gasteiger partial charge in [-0.3, -0.25) is 0 Å². The molecule has 0 aliphatic heterocycles. The van der Waals surface area contributed by atoms with Gasteiger partial charge in [0.25, 0.3) is 0 Å². The molecule has 0 aliphatic rings. The molecule has 1 aromatic carbocycles. The maximum atomic E-state index is 10.3. The van der Waals surface area contributed by atoms with E-state index in [-0.39, 0.29) is 0 Å². The molecule has 15 heavy (non-hydrogen) atoms. The number of aliphatic carboxylic acids is 1. The monoisotopic (exact) mass is 220 g/mol. The molecule has 0 saturated heterocycles. The lowest BCUT2D eigenvalue weighted by atomic mass is 10.2. The standard InChI is InChI=1S/C10H8N2O2S/c11-10-12-7-3-1-6(2-4-9(13)14)5-8(7)15-10/h1-5H,(H2,11,12)(H,13,14)/b4-2+. The summed E-state index contributed by atoms with van der Waals surface area (Å²) < 4.78 is 0.958. The van der Waals surface area contributed by atoms with E-state index in [0.29, 0.717) is 5.13 Å². The molecule has 4 nitrogen and oxygen atoms in total. The first kappa shape index (κ1) is 9.67. The Bertz CT molecular complexity index is 545. The highest BCUT2D eigenvalue weighted by Crippen LogP contribution is 2.24. The molecule has 0 aliphatic carbocycles. The number of hydrogen-bond donors (Lipinski definition) is 2. The van der Waals surface area contributed by atoms with Gasteiger partial charge in [-0.1, -0.05) is 17.4 Å². The number of hydrogen-bond acceptors (Lipinski definition) is 4.